The van der Waals surface area contributed by atoms with Gasteiger partial charge < -0.3 is 37.9 Å². The topological polar surface area (TPSA) is 158 Å². The van der Waals surface area contributed by atoms with E-state index in [1.54, 1.807) is 0 Å². The molecular weight excluding hydrogens is 483 g/mol. The van der Waals surface area contributed by atoms with Crippen molar-refractivity contribution in [1.29, 1.82) is 0 Å². The Kier molecular flexibility index (Phi) is 27.7. The van der Waals surface area contributed by atoms with Gasteiger partial charge in [-0.25, -0.2) is 0 Å². The monoisotopic (exact) mass is 517 g/mol. The molecule has 4 fully saturated rings. The molecule has 0 amide bonds. The van der Waals surface area contributed by atoms with Crippen molar-refractivity contribution < 1.29 is 83.8 Å². The fourth-order valence-corrected chi connectivity index (χ4v) is 1.76. The van der Waals surface area contributed by atoms with E-state index >= 15 is 0 Å². The normalized spacial score (nSPS) is 21.7. The zero-order chi connectivity index (χ0) is 21.5. The predicted octanol–water partition coefficient (Wildman–Crippen LogP) is -2.73. The second kappa shape index (κ2) is 25.6. The summed E-state index contributed by atoms with van der Waals surface area (Å²) in [5, 5.41) is 0. The van der Waals surface area contributed by atoms with Crippen LogP contribution in [0.15, 0.2) is 0 Å². The molecule has 30 heavy (non-hydrogen) atoms. The molecule has 4 rings (SSSR count). The third-order valence-corrected chi connectivity index (χ3v) is 2.98. The number of halogens is 1. The molecule has 4 heterocycles. The summed E-state index contributed by atoms with van der Waals surface area (Å²) in [6.07, 6.45) is 0. The van der Waals surface area contributed by atoms with Crippen LogP contribution in [0.3, 0.4) is 0 Å². The van der Waals surface area contributed by atoms with Gasteiger partial charge in [-0.1, -0.05) is 0 Å². The van der Waals surface area contributed by atoms with Gasteiger partial charge in [0.05, 0.1) is 106 Å². The van der Waals surface area contributed by atoms with Crippen LogP contribution in [-0.4, -0.2) is 120 Å². The minimum atomic E-state index is -4.19. The van der Waals surface area contributed by atoms with Crippen LogP contribution < -0.4 is 4.66 Å². The fourth-order valence-electron chi connectivity index (χ4n) is 1.76. The maximum absolute atomic E-state index is 8.83. The second-order valence-electron chi connectivity index (χ2n) is 5.33. The molecular formula is C16H35ClCuO12+2. The molecule has 4 saturated heterocycles. The Balaban J connectivity index is 0. The number of hydrogen-bond acceptors (Lipinski definition) is 12. The summed E-state index contributed by atoms with van der Waals surface area (Å²) in [5.74, 6) is 0. The van der Waals surface area contributed by atoms with E-state index < -0.39 is 10.2 Å². The van der Waals surface area contributed by atoms with Crippen molar-refractivity contribution in [3.8, 4) is 0 Å². The van der Waals surface area contributed by atoms with Gasteiger partial charge in [-0.3, -0.25) is 0 Å². The summed E-state index contributed by atoms with van der Waals surface area (Å²) in [6, 6.07) is 0. The van der Waals surface area contributed by atoms with Crippen LogP contribution in [-0.2, 0) is 55.0 Å². The Hall–Kier alpha value is 0.329. The number of hydrogen-bond donors (Lipinski definition) is 3. The first-order chi connectivity index (χ1) is 14.0. The molecule has 4 aliphatic heterocycles. The van der Waals surface area contributed by atoms with E-state index in [1.165, 1.54) is 0 Å². The molecule has 1 radical (unpaired) electrons. The van der Waals surface area contributed by atoms with E-state index in [-0.39, 0.29) is 17.1 Å². The van der Waals surface area contributed by atoms with E-state index in [0.717, 1.165) is 106 Å². The molecule has 0 aromatic carbocycles. The number of rotatable bonds is 0. The van der Waals surface area contributed by atoms with Crippen molar-refractivity contribution in [2.75, 3.05) is 106 Å². The Morgan fingerprint density at radius 1 is 0.367 bits per heavy atom. The van der Waals surface area contributed by atoms with Gasteiger partial charge in [-0.2, -0.15) is 0 Å². The van der Waals surface area contributed by atoms with Crippen LogP contribution in [0.5, 0.6) is 0 Å². The fraction of sp³-hybridized carbons (Fsp3) is 1.00. The zero-order valence-electron chi connectivity index (χ0n) is 17.0. The second-order valence-corrected chi connectivity index (χ2v) is 6.20. The van der Waals surface area contributed by atoms with Crippen molar-refractivity contribution >= 4 is 0 Å². The summed E-state index contributed by atoms with van der Waals surface area (Å²) in [6.45, 7) is 12.4. The van der Waals surface area contributed by atoms with Gasteiger partial charge in [-0.05, 0) is 0 Å². The van der Waals surface area contributed by atoms with E-state index in [1.807, 2.05) is 0 Å². The van der Waals surface area contributed by atoms with Crippen molar-refractivity contribution in [2.24, 2.45) is 0 Å². The Morgan fingerprint density at radius 3 is 0.467 bits per heavy atom. The van der Waals surface area contributed by atoms with Crippen LogP contribution in [0.1, 0.15) is 0 Å². The summed E-state index contributed by atoms with van der Waals surface area (Å²) in [7, 11) is -4.19. The Labute approximate surface area is 189 Å². The average Bonchev–Trinajstić information content (AvgIpc) is 2.79. The van der Waals surface area contributed by atoms with Gasteiger partial charge in [-0.15, -0.1) is 0 Å². The van der Waals surface area contributed by atoms with Gasteiger partial charge in [0.2, 0.25) is 0 Å². The van der Waals surface area contributed by atoms with Crippen LogP contribution in [0.2, 0.25) is 0 Å². The van der Waals surface area contributed by atoms with E-state index in [9.17, 15) is 0 Å². The van der Waals surface area contributed by atoms with Crippen molar-refractivity contribution in [1.82, 2.24) is 0 Å². The molecule has 0 aromatic heterocycles. The van der Waals surface area contributed by atoms with Crippen LogP contribution in [0.25, 0.3) is 0 Å². The van der Waals surface area contributed by atoms with Gasteiger partial charge in [0.25, 0.3) is 0 Å². The first-order valence-electron chi connectivity index (χ1n) is 9.28. The first-order valence-corrected chi connectivity index (χ1v) is 10.6. The van der Waals surface area contributed by atoms with Crippen molar-refractivity contribution in [3.63, 3.8) is 0 Å². The standard InChI is InChI=1S/4C4H8O2.ClH3O4.Cu/c4*1-2-6-4-3-5-1;2-1(3,4)5;/h4*1-4H2;2-4H;/q;;;;;+2. The van der Waals surface area contributed by atoms with Crippen LogP contribution >= 0.6 is 0 Å². The van der Waals surface area contributed by atoms with Gasteiger partial charge in [0.15, 0.2) is 0 Å². The predicted molar refractivity (Wildman–Crippen MR) is 93.2 cm³/mol. The molecule has 0 saturated carbocycles. The van der Waals surface area contributed by atoms with Crippen molar-refractivity contribution in [2.45, 2.75) is 0 Å². The first kappa shape index (κ1) is 32.5. The van der Waals surface area contributed by atoms with Gasteiger partial charge in [0.1, 0.15) is 0 Å². The summed E-state index contributed by atoms with van der Waals surface area (Å²) < 4.78 is 69.8. The molecule has 0 bridgehead atoms. The van der Waals surface area contributed by atoms with Gasteiger partial charge >= 0.3 is 45.9 Å². The molecule has 14 heteroatoms. The SMILES string of the molecule is C1COCCO1.C1COCCO1.C1COCCO1.C1COCCO1.[Cu+2].[O-][Cl+](O)(O)O. The molecule has 0 spiro atoms. The van der Waals surface area contributed by atoms with Crippen LogP contribution in [0, 0.1) is 10.2 Å². The maximum atomic E-state index is 8.83. The van der Waals surface area contributed by atoms with E-state index in [4.69, 9.17) is 56.5 Å². The third kappa shape index (κ3) is 35.7. The molecule has 0 unspecified atom stereocenters. The average molecular weight is 518 g/mol. The molecule has 0 aliphatic carbocycles. The quantitative estimate of drug-likeness (QED) is 0.285. The Bertz CT molecular complexity index is 209. The molecule has 0 aromatic rings. The van der Waals surface area contributed by atoms with Crippen molar-refractivity contribution in [3.05, 3.63) is 0 Å². The van der Waals surface area contributed by atoms with E-state index in [0.29, 0.717) is 0 Å². The summed E-state index contributed by atoms with van der Waals surface area (Å²) >= 11 is 0. The molecule has 0 atom stereocenters. The van der Waals surface area contributed by atoms with Gasteiger partial charge in [0, 0.05) is 0 Å². The number of ether oxygens (including phenoxy) is 8. The third-order valence-electron chi connectivity index (χ3n) is 2.98. The van der Waals surface area contributed by atoms with E-state index in [2.05, 4.69) is 0 Å². The molecule has 3 N–H and O–H groups in total. The Morgan fingerprint density at radius 2 is 0.433 bits per heavy atom. The minimum absolute atomic E-state index is 0. The molecule has 12 nitrogen and oxygen atoms in total. The van der Waals surface area contributed by atoms with Crippen LogP contribution in [0.4, 0.5) is 0 Å². The molecule has 187 valence electrons. The molecule has 4 aliphatic rings. The zero-order valence-corrected chi connectivity index (χ0v) is 18.7. The summed E-state index contributed by atoms with van der Waals surface area (Å²) in [4.78, 5) is 0. The summed E-state index contributed by atoms with van der Waals surface area (Å²) in [5.41, 5.74) is 0.